The van der Waals surface area contributed by atoms with Gasteiger partial charge in [-0.1, -0.05) is 94.4 Å². The van der Waals surface area contributed by atoms with E-state index in [1.54, 1.807) is 0 Å². The molecule has 4 aromatic rings. The molecule has 0 aliphatic heterocycles. The molecule has 4 rings (SSSR count). The van der Waals surface area contributed by atoms with E-state index in [-0.39, 0.29) is 5.92 Å². The first-order valence-corrected chi connectivity index (χ1v) is 12.4. The largest absolute Gasteiger partial charge is 0.399 e. The Kier molecular flexibility index (Phi) is 7.28. The average molecular weight is 465 g/mol. The predicted octanol–water partition coefficient (Wildman–Crippen LogP) is 7.36. The van der Waals surface area contributed by atoms with E-state index in [4.69, 9.17) is 11.5 Å². The number of hydrogen-bond acceptors (Lipinski definition) is 3. The molecule has 3 nitrogen and oxygen atoms in total. The van der Waals surface area contributed by atoms with E-state index in [1.807, 2.05) is 36.4 Å². The van der Waals surface area contributed by atoms with E-state index >= 15 is 0 Å². The minimum Gasteiger partial charge on any atom is -0.399 e. The van der Waals surface area contributed by atoms with Gasteiger partial charge >= 0.3 is 0 Å². The second kappa shape index (κ2) is 10.4. The maximum Gasteiger partial charge on any atom is 0.106 e. The molecule has 0 radical (unpaired) electrons. The lowest BCUT2D eigenvalue weighted by Gasteiger charge is -2.23. The number of aliphatic hydroxyl groups is 1. The van der Waals surface area contributed by atoms with Crippen LogP contribution in [-0.4, -0.2) is 5.11 Å². The van der Waals surface area contributed by atoms with E-state index in [9.17, 15) is 5.11 Å². The lowest BCUT2D eigenvalue weighted by molar-refractivity contribution is 0.221. The van der Waals surface area contributed by atoms with Crippen molar-refractivity contribution in [1.29, 1.82) is 0 Å². The lowest BCUT2D eigenvalue weighted by Crippen LogP contribution is -2.09. The summed E-state index contributed by atoms with van der Waals surface area (Å²) in [4.78, 5) is 0. The summed E-state index contributed by atoms with van der Waals surface area (Å²) in [7, 11) is 0. The van der Waals surface area contributed by atoms with Crippen LogP contribution in [0.2, 0.25) is 0 Å². The second-order valence-corrected chi connectivity index (χ2v) is 10.0. The molecular weight excluding hydrogens is 428 g/mol. The molecule has 0 aliphatic rings. The summed E-state index contributed by atoms with van der Waals surface area (Å²) in [5.41, 5.74) is 21.2. The van der Waals surface area contributed by atoms with Crippen molar-refractivity contribution >= 4 is 11.4 Å². The highest BCUT2D eigenvalue weighted by Crippen LogP contribution is 2.37. The van der Waals surface area contributed by atoms with Gasteiger partial charge in [-0.25, -0.2) is 0 Å². The van der Waals surface area contributed by atoms with Crippen molar-refractivity contribution in [3.05, 3.63) is 130 Å². The van der Waals surface area contributed by atoms with Crippen LogP contribution in [0.25, 0.3) is 0 Å². The van der Waals surface area contributed by atoms with Crippen LogP contribution in [-0.2, 0) is 0 Å². The first kappa shape index (κ1) is 24.6. The summed E-state index contributed by atoms with van der Waals surface area (Å²) < 4.78 is 0. The molecular formula is C32H36N2O. The Balaban J connectivity index is 1.77. The Bertz CT molecular complexity index is 1260. The molecule has 5 N–H and O–H groups in total. The van der Waals surface area contributed by atoms with Gasteiger partial charge in [0, 0.05) is 22.9 Å². The van der Waals surface area contributed by atoms with Crippen molar-refractivity contribution < 1.29 is 5.11 Å². The first-order chi connectivity index (χ1) is 16.7. The minimum absolute atomic E-state index is 0.00770. The molecule has 2 atom stereocenters. The molecule has 0 saturated carbocycles. The van der Waals surface area contributed by atoms with Gasteiger partial charge in [0.25, 0.3) is 0 Å². The van der Waals surface area contributed by atoms with Crippen LogP contribution in [0.4, 0.5) is 11.4 Å². The summed E-state index contributed by atoms with van der Waals surface area (Å²) >= 11 is 0. The number of benzene rings is 4. The van der Waals surface area contributed by atoms with Gasteiger partial charge in [-0.05, 0) is 69.5 Å². The van der Waals surface area contributed by atoms with E-state index in [1.165, 1.54) is 16.7 Å². The molecule has 0 spiro atoms. The molecule has 35 heavy (non-hydrogen) atoms. The number of hydrogen-bond donors (Lipinski definition) is 3. The Morgan fingerprint density at radius 2 is 0.914 bits per heavy atom. The summed E-state index contributed by atoms with van der Waals surface area (Å²) in [6, 6.07) is 31.0. The topological polar surface area (TPSA) is 72.3 Å². The number of nitrogen functional groups attached to an aromatic ring is 2. The van der Waals surface area contributed by atoms with E-state index in [0.29, 0.717) is 17.5 Å². The highest BCUT2D eigenvalue weighted by Gasteiger charge is 2.21. The van der Waals surface area contributed by atoms with Crippen molar-refractivity contribution in [3.8, 4) is 0 Å². The van der Waals surface area contributed by atoms with Crippen molar-refractivity contribution in [3.63, 3.8) is 0 Å². The zero-order valence-electron chi connectivity index (χ0n) is 21.1. The minimum atomic E-state index is -0.799. The van der Waals surface area contributed by atoms with Gasteiger partial charge in [0.1, 0.15) is 6.10 Å². The van der Waals surface area contributed by atoms with Crippen molar-refractivity contribution in [1.82, 2.24) is 0 Å². The molecule has 0 amide bonds. The number of anilines is 2. The molecule has 0 fully saturated rings. The standard InChI is InChI=1S/C32H36N2O/c1-20(2)22-5-9-24(10-6-22)31(25-13-16-28(33)17-14-25)27-15-18-30(34)29(19-27)32(35)26-11-7-23(8-12-26)21(3)4/h5-21,31-32,35H,33-34H2,1-4H3. The summed E-state index contributed by atoms with van der Waals surface area (Å²) in [6.45, 7) is 8.73. The zero-order chi connectivity index (χ0) is 25.1. The highest BCUT2D eigenvalue weighted by atomic mass is 16.3. The third-order valence-electron chi connectivity index (χ3n) is 6.86. The number of aliphatic hydroxyl groups excluding tert-OH is 1. The van der Waals surface area contributed by atoms with Gasteiger partial charge in [-0.2, -0.15) is 0 Å². The van der Waals surface area contributed by atoms with E-state index in [2.05, 4.69) is 82.3 Å². The van der Waals surface area contributed by atoms with Crippen molar-refractivity contribution in [2.45, 2.75) is 51.6 Å². The molecule has 180 valence electrons. The lowest BCUT2D eigenvalue weighted by atomic mass is 9.83. The Morgan fingerprint density at radius 3 is 1.40 bits per heavy atom. The summed E-state index contributed by atoms with van der Waals surface area (Å²) in [6.07, 6.45) is -0.799. The molecule has 0 heterocycles. The van der Waals surface area contributed by atoms with Gasteiger partial charge in [0.15, 0.2) is 0 Å². The summed E-state index contributed by atoms with van der Waals surface area (Å²) in [5, 5.41) is 11.3. The van der Waals surface area contributed by atoms with Gasteiger partial charge in [-0.3, -0.25) is 0 Å². The molecule has 0 aromatic heterocycles. The highest BCUT2D eigenvalue weighted by molar-refractivity contribution is 5.56. The monoisotopic (exact) mass is 464 g/mol. The van der Waals surface area contributed by atoms with Gasteiger partial charge in [0.05, 0.1) is 0 Å². The Hall–Kier alpha value is -3.56. The fraction of sp³-hybridized carbons (Fsp3) is 0.250. The molecule has 0 bridgehead atoms. The fourth-order valence-electron chi connectivity index (χ4n) is 4.59. The average Bonchev–Trinajstić information content (AvgIpc) is 2.86. The van der Waals surface area contributed by atoms with Crippen LogP contribution in [0, 0.1) is 0 Å². The molecule has 2 unspecified atom stereocenters. The first-order valence-electron chi connectivity index (χ1n) is 12.4. The third-order valence-corrected chi connectivity index (χ3v) is 6.86. The quantitative estimate of drug-likeness (QED) is 0.198. The zero-order valence-corrected chi connectivity index (χ0v) is 21.1. The van der Waals surface area contributed by atoms with Crippen molar-refractivity contribution in [2.24, 2.45) is 0 Å². The van der Waals surface area contributed by atoms with Crippen LogP contribution in [0.1, 0.15) is 90.5 Å². The van der Waals surface area contributed by atoms with Gasteiger partial charge < -0.3 is 16.6 Å². The van der Waals surface area contributed by atoms with Crippen LogP contribution in [0.5, 0.6) is 0 Å². The predicted molar refractivity (Wildman–Crippen MR) is 148 cm³/mol. The number of rotatable bonds is 7. The SMILES string of the molecule is CC(C)c1ccc(C(O)c2cc(C(c3ccc(N)cc3)c3ccc(C(C)C)cc3)ccc2N)cc1. The smallest absolute Gasteiger partial charge is 0.106 e. The third kappa shape index (κ3) is 5.41. The fourth-order valence-corrected chi connectivity index (χ4v) is 4.59. The van der Waals surface area contributed by atoms with E-state index < -0.39 is 6.10 Å². The Morgan fingerprint density at radius 1 is 0.514 bits per heavy atom. The second-order valence-electron chi connectivity index (χ2n) is 10.0. The molecule has 0 saturated heterocycles. The van der Waals surface area contributed by atoms with E-state index in [0.717, 1.165) is 27.9 Å². The van der Waals surface area contributed by atoms with Crippen LogP contribution >= 0.6 is 0 Å². The maximum absolute atomic E-state index is 11.3. The molecule has 0 aliphatic carbocycles. The van der Waals surface area contributed by atoms with Crippen LogP contribution in [0.15, 0.2) is 91.0 Å². The van der Waals surface area contributed by atoms with Crippen LogP contribution in [0.3, 0.4) is 0 Å². The molecule has 3 heteroatoms. The number of nitrogens with two attached hydrogens (primary N) is 2. The van der Waals surface area contributed by atoms with Gasteiger partial charge in [-0.15, -0.1) is 0 Å². The normalized spacial score (nSPS) is 13.2. The van der Waals surface area contributed by atoms with Gasteiger partial charge in [0.2, 0.25) is 0 Å². The maximum atomic E-state index is 11.3. The molecule has 4 aromatic carbocycles. The summed E-state index contributed by atoms with van der Waals surface area (Å²) in [5.74, 6) is 0.906. The Labute approximate surface area is 209 Å². The van der Waals surface area contributed by atoms with Crippen LogP contribution < -0.4 is 11.5 Å². The van der Waals surface area contributed by atoms with Crippen molar-refractivity contribution in [2.75, 3.05) is 11.5 Å².